The molecule has 0 aromatic rings. The van der Waals surface area contributed by atoms with Gasteiger partial charge in [0, 0.05) is 0 Å². The van der Waals surface area contributed by atoms with E-state index in [1.807, 2.05) is 40.3 Å². The monoisotopic (exact) mass is 865 g/mol. The molecule has 0 aromatic heterocycles. The van der Waals surface area contributed by atoms with Crippen LogP contribution in [-0.2, 0) is 27.2 Å². The van der Waals surface area contributed by atoms with Crippen molar-refractivity contribution in [1.29, 1.82) is 0 Å². The topological polar surface area (TPSA) is 117 Å². The second kappa shape index (κ2) is 38.3. The average Bonchev–Trinajstić information content (AvgIpc) is 3.14. The van der Waals surface area contributed by atoms with Gasteiger partial charge in [0.2, 0.25) is 0 Å². The molecule has 0 spiro atoms. The van der Waals surface area contributed by atoms with E-state index in [9.17, 15) is 18.9 Å². The molecule has 0 bridgehead atoms. The lowest BCUT2D eigenvalue weighted by Crippen LogP contribution is -2.42. The highest BCUT2D eigenvalue weighted by molar-refractivity contribution is 7.46. The number of unbranched alkanes of at least 4 members (excludes halogenated alkanes) is 29. The normalized spacial score (nSPS) is 14.4. The molecule has 0 aromatic carbocycles. The van der Waals surface area contributed by atoms with Gasteiger partial charge in [0.15, 0.2) is 0 Å². The van der Waals surface area contributed by atoms with Gasteiger partial charge in [-0.2, -0.15) is 0 Å². The van der Waals surface area contributed by atoms with Gasteiger partial charge in [0.05, 0.1) is 54.5 Å². The first-order valence-electron chi connectivity index (χ1n) is 23.8. The molecule has 0 aliphatic carbocycles. The third kappa shape index (κ3) is 42.3. The zero-order valence-electron chi connectivity index (χ0n) is 38.5. The molecule has 0 rings (SSSR count). The molecule has 0 fully saturated rings. The van der Waals surface area contributed by atoms with Crippen molar-refractivity contribution in [3.63, 3.8) is 0 Å². The van der Waals surface area contributed by atoms with Crippen molar-refractivity contribution in [2.75, 3.05) is 80.8 Å². The number of likely N-dealkylation sites (N-methyl/N-ethyl adjacent to an activating group) is 2. The Kier molecular flexibility index (Phi) is 38.1. The van der Waals surface area contributed by atoms with Crippen molar-refractivity contribution in [3.8, 4) is 0 Å². The first kappa shape index (κ1) is 57.6. The third-order valence-corrected chi connectivity index (χ3v) is 13.2. The fourth-order valence-corrected chi connectivity index (χ4v) is 8.73. The van der Waals surface area contributed by atoms with Gasteiger partial charge in [0.25, 0.3) is 15.6 Å². The predicted octanol–water partition coefficient (Wildman–Crippen LogP) is 12.2. The minimum absolute atomic E-state index is 0.129. The van der Waals surface area contributed by atoms with Crippen molar-refractivity contribution < 1.29 is 46.0 Å². The van der Waals surface area contributed by atoms with Gasteiger partial charge >= 0.3 is 0 Å². The summed E-state index contributed by atoms with van der Waals surface area (Å²) in [6.45, 7) is 10.9. The lowest BCUT2D eigenvalue weighted by atomic mass is 10.0. The van der Waals surface area contributed by atoms with Crippen molar-refractivity contribution in [3.05, 3.63) is 25.3 Å². The van der Waals surface area contributed by atoms with E-state index in [0.29, 0.717) is 22.1 Å². The number of phosphoric acid groups is 2. The molecule has 0 N–H and O–H groups in total. The molecule has 2 unspecified atom stereocenters. The van der Waals surface area contributed by atoms with Crippen molar-refractivity contribution in [1.82, 2.24) is 0 Å². The minimum atomic E-state index is -4.20. The maximum atomic E-state index is 11.9. The molecule has 0 heterocycles. The van der Waals surface area contributed by atoms with Crippen LogP contribution in [0.3, 0.4) is 0 Å². The summed E-state index contributed by atoms with van der Waals surface area (Å²) in [6, 6.07) is 0. The zero-order chi connectivity index (χ0) is 43.1. The van der Waals surface area contributed by atoms with Crippen LogP contribution in [0.5, 0.6) is 0 Å². The van der Waals surface area contributed by atoms with Crippen LogP contribution in [0.2, 0.25) is 0 Å². The van der Waals surface area contributed by atoms with Crippen LogP contribution in [0.25, 0.3) is 0 Å². The van der Waals surface area contributed by atoms with Gasteiger partial charge < -0.3 is 36.8 Å². The molecule has 12 heteroatoms. The van der Waals surface area contributed by atoms with Gasteiger partial charge in [-0.1, -0.05) is 193 Å². The SMILES string of the molecule is C=CC[N+](C)(C)CCOP(=O)([O-])OCCCCCCCCCCCCCCCCCCCCCCCCCCCCCCCCOP(=O)([O-])OCC[N+](C)(C)CC=C. The molecule has 10 nitrogen and oxygen atoms in total. The Bertz CT molecular complexity index is 965. The van der Waals surface area contributed by atoms with E-state index < -0.39 is 15.6 Å². The summed E-state index contributed by atoms with van der Waals surface area (Å²) in [5.74, 6) is 0. The Labute approximate surface area is 359 Å². The van der Waals surface area contributed by atoms with Crippen LogP contribution in [0.15, 0.2) is 25.3 Å². The number of hydrogen-bond acceptors (Lipinski definition) is 8. The van der Waals surface area contributed by atoms with E-state index in [2.05, 4.69) is 13.2 Å². The number of hydrogen-bond donors (Lipinski definition) is 0. The smallest absolute Gasteiger partial charge is 0.268 e. The van der Waals surface area contributed by atoms with Crippen LogP contribution in [0.1, 0.15) is 193 Å². The zero-order valence-corrected chi connectivity index (χ0v) is 40.3. The summed E-state index contributed by atoms with van der Waals surface area (Å²) in [5, 5.41) is 0. The molecule has 346 valence electrons. The Hall–Kier alpha value is -0.380. The summed E-state index contributed by atoms with van der Waals surface area (Å²) < 4.78 is 45.2. The molecule has 2 atom stereocenters. The van der Waals surface area contributed by atoms with Crippen LogP contribution in [0.4, 0.5) is 0 Å². The van der Waals surface area contributed by atoms with E-state index >= 15 is 0 Å². The van der Waals surface area contributed by atoms with Crippen molar-refractivity contribution in [2.24, 2.45) is 0 Å². The number of rotatable bonds is 47. The second-order valence-corrected chi connectivity index (χ2v) is 20.9. The molecule has 0 aliphatic rings. The van der Waals surface area contributed by atoms with Crippen LogP contribution in [0, 0.1) is 0 Å². The molecular weight excluding hydrogens is 770 g/mol. The van der Waals surface area contributed by atoms with E-state index in [0.717, 1.165) is 51.6 Å². The Morgan fingerprint density at radius 3 is 0.724 bits per heavy atom. The van der Waals surface area contributed by atoms with E-state index in [4.69, 9.17) is 18.1 Å². The highest BCUT2D eigenvalue weighted by Gasteiger charge is 2.17. The molecule has 0 saturated carbocycles. The number of phosphoric ester groups is 2. The van der Waals surface area contributed by atoms with Crippen LogP contribution in [-0.4, -0.2) is 89.8 Å². The lowest BCUT2D eigenvalue weighted by molar-refractivity contribution is -0.884. The molecule has 0 radical (unpaired) electrons. The summed E-state index contributed by atoms with van der Waals surface area (Å²) in [7, 11) is -0.354. The molecule has 58 heavy (non-hydrogen) atoms. The summed E-state index contributed by atoms with van der Waals surface area (Å²) in [6.07, 6.45) is 42.1. The van der Waals surface area contributed by atoms with Gasteiger partial charge in [-0.3, -0.25) is 9.13 Å². The van der Waals surface area contributed by atoms with Crippen molar-refractivity contribution >= 4 is 15.6 Å². The first-order chi connectivity index (χ1) is 27.7. The van der Waals surface area contributed by atoms with Gasteiger partial charge in [-0.15, -0.1) is 0 Å². The van der Waals surface area contributed by atoms with Crippen LogP contribution >= 0.6 is 15.6 Å². The number of quaternary nitrogens is 2. The minimum Gasteiger partial charge on any atom is -0.756 e. The molecule has 0 saturated heterocycles. The molecule has 0 amide bonds. The standard InChI is InChI=1S/C46H94N2O8P2/c1-7-39-47(3,4)41-45-55-57(49,50)53-43-37-35-33-31-29-27-25-23-21-19-17-15-13-11-9-10-12-14-16-18-20-22-24-26-28-30-32-34-36-38-44-54-58(51,52)56-46-42-48(5,6)40-8-2/h7-8H,1-2,9-46H2,3-6H3. The highest BCUT2D eigenvalue weighted by atomic mass is 31.2. The van der Waals surface area contributed by atoms with Gasteiger partial charge in [-0.25, -0.2) is 0 Å². The van der Waals surface area contributed by atoms with E-state index in [1.54, 1.807) is 0 Å². The average molecular weight is 865 g/mol. The summed E-state index contributed by atoms with van der Waals surface area (Å²) >= 11 is 0. The fraction of sp³-hybridized carbons (Fsp3) is 0.913. The van der Waals surface area contributed by atoms with Crippen molar-refractivity contribution in [2.45, 2.75) is 193 Å². The van der Waals surface area contributed by atoms with Crippen LogP contribution < -0.4 is 9.79 Å². The second-order valence-electron chi connectivity index (χ2n) is 18.1. The fourth-order valence-electron chi connectivity index (χ4n) is 7.26. The Balaban J connectivity index is 3.29. The molecular formula is C46H94N2O8P2. The summed E-state index contributed by atoms with van der Waals surface area (Å²) in [4.78, 5) is 23.9. The van der Waals surface area contributed by atoms with E-state index in [1.165, 1.54) is 154 Å². The molecule has 0 aliphatic heterocycles. The lowest BCUT2D eigenvalue weighted by Gasteiger charge is -2.30. The quantitative estimate of drug-likeness (QED) is 0.0257. The first-order valence-corrected chi connectivity index (χ1v) is 26.7. The van der Waals surface area contributed by atoms with Gasteiger partial charge in [0.1, 0.15) is 26.3 Å². The predicted molar refractivity (Wildman–Crippen MR) is 242 cm³/mol. The number of nitrogens with zero attached hydrogens (tertiary/aromatic N) is 2. The summed E-state index contributed by atoms with van der Waals surface area (Å²) in [5.41, 5.74) is 0. The maximum Gasteiger partial charge on any atom is 0.268 e. The highest BCUT2D eigenvalue weighted by Crippen LogP contribution is 2.39. The third-order valence-electron chi connectivity index (χ3n) is 11.2. The largest absolute Gasteiger partial charge is 0.756 e. The Morgan fingerprint density at radius 1 is 0.362 bits per heavy atom. The van der Waals surface area contributed by atoms with E-state index in [-0.39, 0.29) is 26.4 Å². The maximum absolute atomic E-state index is 11.9. The van der Waals surface area contributed by atoms with Gasteiger partial charge in [-0.05, 0) is 25.0 Å². The Morgan fingerprint density at radius 2 is 0.534 bits per heavy atom.